The van der Waals surface area contributed by atoms with E-state index in [-0.39, 0.29) is 12.2 Å². The smallest absolute Gasteiger partial charge is 0.104 e. The second-order valence-corrected chi connectivity index (χ2v) is 6.07. The maximum Gasteiger partial charge on any atom is 0.104 e. The topological polar surface area (TPSA) is 24.1 Å². The molecule has 2 N–H and O–H groups in total. The van der Waals surface area contributed by atoms with E-state index in [0.717, 1.165) is 11.3 Å². The summed E-state index contributed by atoms with van der Waals surface area (Å²) >= 11 is 0. The average molecular weight is 377 g/mol. The molecule has 2 nitrogen and oxygen atoms in total. The molecule has 1 heterocycles. The molecule has 0 aliphatic carbocycles. The van der Waals surface area contributed by atoms with Gasteiger partial charge in [0.1, 0.15) is 6.17 Å². The van der Waals surface area contributed by atoms with Crippen molar-refractivity contribution in [2.75, 3.05) is 0 Å². The molecule has 2 atom stereocenters. The third-order valence-electron chi connectivity index (χ3n) is 4.40. The maximum absolute atomic E-state index is 3.95. The molecule has 1 aliphatic heterocycles. The summed E-state index contributed by atoms with van der Waals surface area (Å²) in [4.78, 5) is 0. The van der Waals surface area contributed by atoms with E-state index in [4.69, 9.17) is 0 Å². The van der Waals surface area contributed by atoms with E-state index in [2.05, 4.69) is 84.8 Å². The predicted molar refractivity (Wildman–Crippen MR) is 125 cm³/mol. The summed E-state index contributed by atoms with van der Waals surface area (Å²) < 4.78 is 0. The molecule has 3 rings (SSSR count). The molecule has 150 valence electrons. The Bertz CT molecular complexity index is 755. The zero-order valence-electron chi connectivity index (χ0n) is 18.3. The first kappa shape index (κ1) is 23.5. The average Bonchev–Trinajstić information content (AvgIpc) is 2.78. The summed E-state index contributed by atoms with van der Waals surface area (Å²) in [5.74, 6) is 0. The molecule has 0 aromatic heterocycles. The van der Waals surface area contributed by atoms with E-state index in [1.165, 1.54) is 16.7 Å². The molecule has 0 bridgehead atoms. The van der Waals surface area contributed by atoms with Gasteiger partial charge in [0.05, 0.1) is 6.04 Å². The van der Waals surface area contributed by atoms with Crippen molar-refractivity contribution in [3.8, 4) is 0 Å². The summed E-state index contributed by atoms with van der Waals surface area (Å²) in [6, 6.07) is 19.3. The molecular weight excluding hydrogens is 340 g/mol. The molecule has 0 saturated carbocycles. The van der Waals surface area contributed by atoms with E-state index in [1.807, 2.05) is 46.8 Å². The van der Waals surface area contributed by atoms with Crippen LogP contribution in [0.4, 0.5) is 0 Å². The molecular formula is C26H36N2. The second kappa shape index (κ2) is 12.7. The fourth-order valence-electron chi connectivity index (χ4n) is 2.99. The molecule has 2 heteroatoms. The quantitative estimate of drug-likeness (QED) is 0.575. The van der Waals surface area contributed by atoms with Crippen LogP contribution in [0.3, 0.4) is 0 Å². The van der Waals surface area contributed by atoms with Crippen LogP contribution in [0, 0.1) is 6.92 Å². The third-order valence-corrected chi connectivity index (χ3v) is 4.40. The monoisotopic (exact) mass is 376 g/mol. The van der Waals surface area contributed by atoms with Crippen LogP contribution in [0.1, 0.15) is 57.4 Å². The fraction of sp³-hybridized carbons (Fsp3) is 0.308. The highest BCUT2D eigenvalue weighted by Crippen LogP contribution is 2.26. The minimum Gasteiger partial charge on any atom is -0.366 e. The van der Waals surface area contributed by atoms with Gasteiger partial charge in [0.25, 0.3) is 0 Å². The molecule has 2 aromatic rings. The van der Waals surface area contributed by atoms with Gasteiger partial charge in [0, 0.05) is 5.70 Å². The van der Waals surface area contributed by atoms with Crippen molar-refractivity contribution in [1.82, 2.24) is 10.6 Å². The van der Waals surface area contributed by atoms with Crippen LogP contribution in [0.25, 0.3) is 5.70 Å². The Balaban J connectivity index is 0.000000921. The zero-order valence-corrected chi connectivity index (χ0v) is 18.3. The highest BCUT2D eigenvalue weighted by atomic mass is 15.2. The van der Waals surface area contributed by atoms with Crippen molar-refractivity contribution < 1.29 is 0 Å². The minimum absolute atomic E-state index is 0.0407. The first-order valence-electron chi connectivity index (χ1n) is 10.4. The Kier molecular flexibility index (Phi) is 10.7. The van der Waals surface area contributed by atoms with Gasteiger partial charge in [-0.1, -0.05) is 107 Å². The Hall–Kier alpha value is -2.58. The second-order valence-electron chi connectivity index (χ2n) is 6.07. The molecule has 0 amide bonds. The van der Waals surface area contributed by atoms with Gasteiger partial charge < -0.3 is 5.32 Å². The van der Waals surface area contributed by atoms with Gasteiger partial charge in [-0.25, -0.2) is 0 Å². The van der Waals surface area contributed by atoms with Crippen LogP contribution in [-0.2, 0) is 0 Å². The zero-order chi connectivity index (χ0) is 20.9. The molecule has 0 radical (unpaired) electrons. The lowest BCUT2D eigenvalue weighted by Gasteiger charge is -2.33. The summed E-state index contributed by atoms with van der Waals surface area (Å²) in [6.07, 6.45) is 6.30. The molecule has 28 heavy (non-hydrogen) atoms. The summed E-state index contributed by atoms with van der Waals surface area (Å²) in [7, 11) is 0. The van der Waals surface area contributed by atoms with Gasteiger partial charge in [-0.2, -0.15) is 0 Å². The Labute approximate surface area is 172 Å². The molecule has 0 fully saturated rings. The first-order chi connectivity index (χ1) is 13.7. The number of nitrogens with one attached hydrogen (secondary N) is 2. The van der Waals surface area contributed by atoms with Crippen LogP contribution in [-0.4, -0.2) is 6.17 Å². The molecule has 0 spiro atoms. The molecule has 2 unspecified atom stereocenters. The molecule has 0 saturated heterocycles. The lowest BCUT2D eigenvalue weighted by atomic mass is 9.98. The van der Waals surface area contributed by atoms with Gasteiger partial charge in [-0.15, -0.1) is 0 Å². The number of aryl methyl sites for hydroxylation is 1. The first-order valence-corrected chi connectivity index (χ1v) is 10.4. The Morgan fingerprint density at radius 2 is 1.54 bits per heavy atom. The molecule has 1 aliphatic rings. The van der Waals surface area contributed by atoms with Crippen LogP contribution in [0.15, 0.2) is 85.0 Å². The summed E-state index contributed by atoms with van der Waals surface area (Å²) in [5, 5.41) is 7.26. The number of hydrogen-bond acceptors (Lipinski definition) is 2. The third kappa shape index (κ3) is 6.24. The van der Waals surface area contributed by atoms with Crippen LogP contribution in [0.2, 0.25) is 0 Å². The lowest BCUT2D eigenvalue weighted by Crippen LogP contribution is -2.47. The summed E-state index contributed by atoms with van der Waals surface area (Å²) in [6.45, 7) is 16.1. The normalized spacial score (nSPS) is 18.4. The SMILES string of the molecule is C=C/C(=C\C)C1NC(c2ccccc2)=CC(c2ccc(C)cc2)N1.CC.CC. The van der Waals surface area contributed by atoms with Crippen molar-refractivity contribution in [2.45, 2.75) is 53.8 Å². The Morgan fingerprint density at radius 1 is 0.929 bits per heavy atom. The minimum atomic E-state index is 0.0407. The van der Waals surface area contributed by atoms with E-state index in [1.54, 1.807) is 0 Å². The van der Waals surface area contributed by atoms with Gasteiger partial charge in [-0.05, 0) is 36.6 Å². The van der Waals surface area contributed by atoms with Gasteiger partial charge in [0.15, 0.2) is 0 Å². The Morgan fingerprint density at radius 3 is 2.07 bits per heavy atom. The molecule has 2 aromatic carbocycles. The standard InChI is InChI=1S/C22H24N2.2C2H6/c1-4-17(5-2)22-23-20(18-9-7-6-8-10-18)15-21(24-22)19-13-11-16(3)12-14-19;2*1-2/h4-15,21-24H,1H2,2-3H3;2*1-2H3/b17-5+;;. The predicted octanol–water partition coefficient (Wildman–Crippen LogP) is 6.78. The highest BCUT2D eigenvalue weighted by Gasteiger charge is 2.23. The largest absolute Gasteiger partial charge is 0.366 e. The van der Waals surface area contributed by atoms with Crippen LogP contribution < -0.4 is 10.6 Å². The maximum atomic E-state index is 3.95. The van der Waals surface area contributed by atoms with Crippen molar-refractivity contribution >= 4 is 5.70 Å². The van der Waals surface area contributed by atoms with Crippen molar-refractivity contribution in [2.24, 2.45) is 0 Å². The lowest BCUT2D eigenvalue weighted by molar-refractivity contribution is 0.480. The van der Waals surface area contributed by atoms with E-state index in [0.29, 0.717) is 0 Å². The van der Waals surface area contributed by atoms with Crippen LogP contribution in [0.5, 0.6) is 0 Å². The van der Waals surface area contributed by atoms with Crippen molar-refractivity contribution in [3.63, 3.8) is 0 Å². The number of rotatable bonds is 4. The van der Waals surface area contributed by atoms with E-state index < -0.39 is 0 Å². The number of hydrogen-bond donors (Lipinski definition) is 2. The fourth-order valence-corrected chi connectivity index (χ4v) is 2.99. The van der Waals surface area contributed by atoms with Crippen LogP contribution >= 0.6 is 0 Å². The van der Waals surface area contributed by atoms with Gasteiger partial charge in [0.2, 0.25) is 0 Å². The van der Waals surface area contributed by atoms with Gasteiger partial charge in [-0.3, -0.25) is 5.32 Å². The van der Waals surface area contributed by atoms with E-state index >= 15 is 0 Å². The highest BCUT2D eigenvalue weighted by molar-refractivity contribution is 5.66. The van der Waals surface area contributed by atoms with Gasteiger partial charge >= 0.3 is 0 Å². The van der Waals surface area contributed by atoms with E-state index in [9.17, 15) is 0 Å². The summed E-state index contributed by atoms with van der Waals surface area (Å²) in [5.41, 5.74) is 6.03. The number of allylic oxidation sites excluding steroid dienone is 1. The number of benzene rings is 2. The van der Waals surface area contributed by atoms with Crippen molar-refractivity contribution in [3.05, 3.63) is 102 Å². The van der Waals surface area contributed by atoms with Crippen molar-refractivity contribution in [1.29, 1.82) is 0 Å².